The summed E-state index contributed by atoms with van der Waals surface area (Å²) >= 11 is 0. The number of hydrogen-bond donors (Lipinski definition) is 0. The van der Waals surface area contributed by atoms with Crippen molar-refractivity contribution < 1.29 is 9.59 Å². The Hall–Kier alpha value is -0.860. The van der Waals surface area contributed by atoms with Gasteiger partial charge in [-0.2, -0.15) is 0 Å². The van der Waals surface area contributed by atoms with Gasteiger partial charge in [0, 0.05) is 24.9 Å². The average Bonchev–Trinajstić information content (AvgIpc) is 2.73. The van der Waals surface area contributed by atoms with E-state index in [2.05, 4.69) is 4.90 Å². The van der Waals surface area contributed by atoms with Crippen LogP contribution in [0.3, 0.4) is 0 Å². The zero-order chi connectivity index (χ0) is 13.1. The molecule has 0 aromatic heterocycles. The van der Waals surface area contributed by atoms with Crippen LogP contribution in [0.5, 0.6) is 0 Å². The van der Waals surface area contributed by atoms with Crippen LogP contribution in [0.4, 0.5) is 0 Å². The Labute approximate surface area is 114 Å². The second-order valence-electron chi connectivity index (χ2n) is 7.25. The Bertz CT molecular complexity index is 416. The molecule has 1 amide bonds. The van der Waals surface area contributed by atoms with E-state index in [9.17, 15) is 9.59 Å². The second kappa shape index (κ2) is 4.07. The van der Waals surface area contributed by atoms with Crippen molar-refractivity contribution >= 4 is 11.7 Å². The minimum absolute atomic E-state index is 0.212. The van der Waals surface area contributed by atoms with Crippen molar-refractivity contribution in [3.63, 3.8) is 0 Å². The van der Waals surface area contributed by atoms with Crippen molar-refractivity contribution in [1.29, 1.82) is 0 Å². The van der Waals surface area contributed by atoms with E-state index in [0.717, 1.165) is 43.1 Å². The third kappa shape index (κ3) is 1.70. The normalized spacial score (nSPS) is 46.5. The summed E-state index contributed by atoms with van der Waals surface area (Å²) in [5, 5.41) is 0. The van der Waals surface area contributed by atoms with Gasteiger partial charge in [0.1, 0.15) is 5.78 Å². The summed E-state index contributed by atoms with van der Waals surface area (Å²) in [5.41, 5.74) is 0. The highest BCUT2D eigenvalue weighted by atomic mass is 16.2. The number of fused-ring (bicyclic) bond motifs is 5. The van der Waals surface area contributed by atoms with Gasteiger partial charge in [0.25, 0.3) is 0 Å². The first-order valence-corrected chi connectivity index (χ1v) is 7.96. The number of amides is 1. The van der Waals surface area contributed by atoms with Crippen molar-refractivity contribution in [3.8, 4) is 0 Å². The zero-order valence-corrected chi connectivity index (χ0v) is 11.7. The molecule has 4 fully saturated rings. The molecular formula is C16H23NO2. The summed E-state index contributed by atoms with van der Waals surface area (Å²) in [4.78, 5) is 26.1. The molecule has 1 aliphatic heterocycles. The molecule has 4 rings (SSSR count). The van der Waals surface area contributed by atoms with Crippen LogP contribution in [0.1, 0.15) is 45.4 Å². The molecule has 3 heteroatoms. The Morgan fingerprint density at radius 3 is 2.42 bits per heavy atom. The molecule has 1 saturated heterocycles. The van der Waals surface area contributed by atoms with Crippen molar-refractivity contribution in [3.05, 3.63) is 0 Å². The van der Waals surface area contributed by atoms with Crippen LogP contribution >= 0.6 is 0 Å². The topological polar surface area (TPSA) is 37.4 Å². The van der Waals surface area contributed by atoms with Gasteiger partial charge in [-0.15, -0.1) is 0 Å². The number of Topliss-reactive ketones (excluding diaryl/α,β-unsaturated/α-hetero) is 1. The van der Waals surface area contributed by atoms with Crippen LogP contribution in [-0.4, -0.2) is 29.2 Å². The smallest absolute Gasteiger partial charge is 0.226 e. The average molecular weight is 261 g/mol. The van der Waals surface area contributed by atoms with Gasteiger partial charge in [-0.05, 0) is 62.7 Å². The third-order valence-corrected chi connectivity index (χ3v) is 6.20. The van der Waals surface area contributed by atoms with Gasteiger partial charge in [-0.1, -0.05) is 0 Å². The zero-order valence-electron chi connectivity index (χ0n) is 11.7. The SMILES string of the molecule is CC(=O)CC1CCCN1C(=O)C1C2C3CCC(C3)C12. The lowest BCUT2D eigenvalue weighted by Gasteiger charge is -2.25. The van der Waals surface area contributed by atoms with Gasteiger partial charge in [0.15, 0.2) is 0 Å². The highest BCUT2D eigenvalue weighted by molar-refractivity contribution is 5.84. The van der Waals surface area contributed by atoms with Crippen LogP contribution in [0.15, 0.2) is 0 Å². The van der Waals surface area contributed by atoms with E-state index in [1.807, 2.05) is 0 Å². The molecule has 104 valence electrons. The van der Waals surface area contributed by atoms with E-state index >= 15 is 0 Å². The number of hydrogen-bond acceptors (Lipinski definition) is 2. The number of likely N-dealkylation sites (tertiary alicyclic amines) is 1. The fourth-order valence-electron chi connectivity index (χ4n) is 5.52. The summed E-state index contributed by atoms with van der Waals surface area (Å²) in [6, 6.07) is 0.212. The summed E-state index contributed by atoms with van der Waals surface area (Å²) < 4.78 is 0. The Morgan fingerprint density at radius 2 is 1.79 bits per heavy atom. The first-order valence-electron chi connectivity index (χ1n) is 7.96. The molecule has 3 saturated carbocycles. The highest BCUT2D eigenvalue weighted by Gasteiger charge is 2.68. The minimum atomic E-state index is 0.212. The van der Waals surface area contributed by atoms with E-state index in [1.54, 1.807) is 6.92 Å². The maximum Gasteiger partial charge on any atom is 0.226 e. The second-order valence-corrected chi connectivity index (χ2v) is 7.25. The summed E-state index contributed by atoms with van der Waals surface area (Å²) in [6.45, 7) is 2.54. The van der Waals surface area contributed by atoms with Gasteiger partial charge < -0.3 is 4.90 Å². The van der Waals surface area contributed by atoms with Crippen LogP contribution in [0.2, 0.25) is 0 Å². The summed E-state index contributed by atoms with van der Waals surface area (Å²) in [6.07, 6.45) is 6.81. The first-order chi connectivity index (χ1) is 9.16. The summed E-state index contributed by atoms with van der Waals surface area (Å²) in [5.74, 6) is 4.14. The predicted molar refractivity (Wildman–Crippen MR) is 71.3 cm³/mol. The summed E-state index contributed by atoms with van der Waals surface area (Å²) in [7, 11) is 0. The Morgan fingerprint density at radius 1 is 1.11 bits per heavy atom. The molecule has 0 aromatic rings. The van der Waals surface area contributed by atoms with E-state index in [-0.39, 0.29) is 11.8 Å². The molecule has 19 heavy (non-hydrogen) atoms. The first kappa shape index (κ1) is 11.9. The Kier molecular flexibility index (Phi) is 2.55. The molecule has 0 radical (unpaired) electrons. The maximum atomic E-state index is 12.7. The maximum absolute atomic E-state index is 12.7. The molecule has 3 nitrogen and oxygen atoms in total. The van der Waals surface area contributed by atoms with Crippen LogP contribution < -0.4 is 0 Å². The van der Waals surface area contributed by atoms with Crippen molar-refractivity contribution in [2.75, 3.05) is 6.54 Å². The molecule has 0 spiro atoms. The number of rotatable bonds is 3. The molecule has 2 bridgehead atoms. The van der Waals surface area contributed by atoms with Crippen molar-refractivity contribution in [2.45, 2.75) is 51.5 Å². The molecule has 5 unspecified atom stereocenters. The van der Waals surface area contributed by atoms with Gasteiger partial charge in [-0.3, -0.25) is 9.59 Å². The molecule has 4 aliphatic rings. The van der Waals surface area contributed by atoms with Gasteiger partial charge in [-0.25, -0.2) is 0 Å². The van der Waals surface area contributed by atoms with Crippen molar-refractivity contribution in [1.82, 2.24) is 4.90 Å². The van der Waals surface area contributed by atoms with Crippen LogP contribution in [0, 0.1) is 29.6 Å². The van der Waals surface area contributed by atoms with Crippen molar-refractivity contribution in [2.24, 2.45) is 29.6 Å². The number of nitrogens with zero attached hydrogens (tertiary/aromatic N) is 1. The van der Waals surface area contributed by atoms with E-state index in [1.165, 1.54) is 19.3 Å². The van der Waals surface area contributed by atoms with Gasteiger partial charge in [0.2, 0.25) is 5.91 Å². The van der Waals surface area contributed by atoms with E-state index < -0.39 is 0 Å². The molecule has 0 N–H and O–H groups in total. The third-order valence-electron chi connectivity index (χ3n) is 6.20. The number of ketones is 1. The number of carbonyl (C=O) groups is 2. The van der Waals surface area contributed by atoms with E-state index in [0.29, 0.717) is 18.2 Å². The minimum Gasteiger partial charge on any atom is -0.339 e. The lowest BCUT2D eigenvalue weighted by Crippen LogP contribution is -2.38. The lowest BCUT2D eigenvalue weighted by molar-refractivity contribution is -0.135. The monoisotopic (exact) mass is 261 g/mol. The molecule has 5 atom stereocenters. The molecule has 0 aromatic carbocycles. The quantitative estimate of drug-likeness (QED) is 0.781. The molecule has 1 heterocycles. The molecule has 3 aliphatic carbocycles. The fourth-order valence-corrected chi connectivity index (χ4v) is 5.52. The largest absolute Gasteiger partial charge is 0.339 e. The lowest BCUT2D eigenvalue weighted by atomic mass is 10.0. The van der Waals surface area contributed by atoms with Gasteiger partial charge >= 0.3 is 0 Å². The predicted octanol–water partition coefficient (Wildman–Crippen LogP) is 2.25. The fraction of sp³-hybridized carbons (Fsp3) is 0.875. The van der Waals surface area contributed by atoms with Crippen LogP contribution in [0.25, 0.3) is 0 Å². The van der Waals surface area contributed by atoms with Gasteiger partial charge in [0.05, 0.1) is 0 Å². The standard InChI is InChI=1S/C16H23NO2/c1-9(18)7-12-3-2-6-17(12)16(19)15-13-10-4-5-11(8-10)14(13)15/h10-15H,2-8H2,1H3. The van der Waals surface area contributed by atoms with E-state index in [4.69, 9.17) is 0 Å². The number of carbonyl (C=O) groups excluding carboxylic acids is 2. The Balaban J connectivity index is 1.45. The molecular weight excluding hydrogens is 238 g/mol. The van der Waals surface area contributed by atoms with Crippen LogP contribution in [-0.2, 0) is 9.59 Å². The highest BCUT2D eigenvalue weighted by Crippen LogP contribution is 2.69.